The summed E-state index contributed by atoms with van der Waals surface area (Å²) in [5.41, 5.74) is 7.13. The molecule has 2 aromatic rings. The topological polar surface area (TPSA) is 71.2 Å². The quantitative estimate of drug-likeness (QED) is 0.748. The zero-order valence-corrected chi connectivity index (χ0v) is 9.78. The van der Waals surface area contributed by atoms with Gasteiger partial charge in [-0.05, 0) is 24.3 Å². The van der Waals surface area contributed by atoms with E-state index in [9.17, 15) is 13.2 Å². The third-order valence-corrected chi connectivity index (χ3v) is 2.66. The third-order valence-electron chi connectivity index (χ3n) is 2.66. The Morgan fingerprint density at radius 3 is 2.74 bits per heavy atom. The molecule has 1 unspecified atom stereocenters. The summed E-state index contributed by atoms with van der Waals surface area (Å²) in [5.74, 6) is 0. The fourth-order valence-corrected chi connectivity index (χ4v) is 1.67. The molecule has 0 radical (unpaired) electrons. The number of hydrogen-bond acceptors (Lipinski definition) is 4. The Kier molecular flexibility index (Phi) is 3.48. The van der Waals surface area contributed by atoms with Gasteiger partial charge < -0.3 is 16.2 Å². The highest BCUT2D eigenvalue weighted by molar-refractivity contribution is 5.98. The first kappa shape index (κ1) is 13.4. The minimum atomic E-state index is -4.64. The van der Waals surface area contributed by atoms with Crippen molar-refractivity contribution < 1.29 is 18.3 Å². The van der Waals surface area contributed by atoms with E-state index < -0.39 is 18.8 Å². The predicted octanol–water partition coefficient (Wildman–Crippen LogP) is 2.15. The molecule has 4 N–H and O–H groups in total. The van der Waals surface area contributed by atoms with Gasteiger partial charge in [0.2, 0.25) is 0 Å². The van der Waals surface area contributed by atoms with Gasteiger partial charge >= 0.3 is 6.18 Å². The van der Waals surface area contributed by atoms with Crippen molar-refractivity contribution in [2.24, 2.45) is 0 Å². The summed E-state index contributed by atoms with van der Waals surface area (Å²) in [4.78, 5) is 4.07. The number of aromatic nitrogens is 1. The molecular weight excluding hydrogens is 259 g/mol. The van der Waals surface area contributed by atoms with Crippen molar-refractivity contribution >= 4 is 22.3 Å². The van der Waals surface area contributed by atoms with E-state index in [0.717, 1.165) is 0 Å². The van der Waals surface area contributed by atoms with Crippen LogP contribution in [0.5, 0.6) is 0 Å². The van der Waals surface area contributed by atoms with Crippen LogP contribution in [0.3, 0.4) is 0 Å². The van der Waals surface area contributed by atoms with Crippen LogP contribution >= 0.6 is 0 Å². The predicted molar refractivity (Wildman–Crippen MR) is 66.7 cm³/mol. The summed E-state index contributed by atoms with van der Waals surface area (Å²) in [6.07, 6.45) is -5.51. The average Bonchev–Trinajstić information content (AvgIpc) is 2.37. The lowest BCUT2D eigenvalue weighted by Crippen LogP contribution is -2.35. The van der Waals surface area contributed by atoms with Crippen LogP contribution in [0.4, 0.5) is 24.5 Å². The summed E-state index contributed by atoms with van der Waals surface area (Å²) in [6.45, 7) is -0.628. The standard InChI is InChI=1S/C12H12F3N3O/c13-12(14,15)10(19)6-18-9-4-3-8(16)11-7(9)2-1-5-17-11/h1-5,10,18-19H,6,16H2. The third kappa shape index (κ3) is 2.87. The van der Waals surface area contributed by atoms with Crippen molar-refractivity contribution in [3.63, 3.8) is 0 Å². The van der Waals surface area contributed by atoms with Crippen LogP contribution in [0, 0.1) is 0 Å². The summed E-state index contributed by atoms with van der Waals surface area (Å²) < 4.78 is 36.6. The number of halogens is 3. The van der Waals surface area contributed by atoms with Crippen LogP contribution in [0.1, 0.15) is 0 Å². The number of fused-ring (bicyclic) bond motifs is 1. The number of aliphatic hydroxyl groups is 1. The van der Waals surface area contributed by atoms with Crippen LogP contribution in [0.25, 0.3) is 10.9 Å². The molecule has 1 atom stereocenters. The molecule has 0 saturated heterocycles. The highest BCUT2D eigenvalue weighted by Crippen LogP contribution is 2.27. The molecule has 0 aliphatic carbocycles. The number of nitrogens with zero attached hydrogens (tertiary/aromatic N) is 1. The second kappa shape index (κ2) is 4.93. The fourth-order valence-electron chi connectivity index (χ4n) is 1.67. The number of alkyl halides is 3. The molecule has 1 heterocycles. The molecule has 2 rings (SSSR count). The number of aliphatic hydroxyl groups excluding tert-OH is 1. The number of rotatable bonds is 3. The first-order chi connectivity index (χ1) is 8.89. The van der Waals surface area contributed by atoms with Crippen LogP contribution in [-0.2, 0) is 0 Å². The minimum Gasteiger partial charge on any atom is -0.397 e. The number of pyridine rings is 1. The Morgan fingerprint density at radius 1 is 1.32 bits per heavy atom. The maximum Gasteiger partial charge on any atom is 0.416 e. The Hall–Kier alpha value is -2.02. The molecule has 0 spiro atoms. The number of nitrogens with one attached hydrogen (secondary N) is 1. The molecule has 7 heteroatoms. The number of nitrogens with two attached hydrogens (primary N) is 1. The first-order valence-corrected chi connectivity index (χ1v) is 5.51. The number of benzene rings is 1. The highest BCUT2D eigenvalue weighted by Gasteiger charge is 2.37. The minimum absolute atomic E-state index is 0.442. The molecule has 0 bridgehead atoms. The van der Waals surface area contributed by atoms with Crippen LogP contribution in [-0.4, -0.2) is 28.9 Å². The maximum atomic E-state index is 12.2. The van der Waals surface area contributed by atoms with Gasteiger partial charge in [-0.1, -0.05) is 0 Å². The van der Waals surface area contributed by atoms with Crippen molar-refractivity contribution in [1.29, 1.82) is 0 Å². The van der Waals surface area contributed by atoms with E-state index in [1.807, 2.05) is 0 Å². The number of nitrogen functional groups attached to an aromatic ring is 1. The van der Waals surface area contributed by atoms with Gasteiger partial charge in [0, 0.05) is 23.8 Å². The molecule has 0 aliphatic rings. The van der Waals surface area contributed by atoms with Crippen molar-refractivity contribution in [3.05, 3.63) is 30.5 Å². The van der Waals surface area contributed by atoms with Crippen LogP contribution in [0.15, 0.2) is 30.5 Å². The average molecular weight is 271 g/mol. The van der Waals surface area contributed by atoms with Crippen LogP contribution in [0.2, 0.25) is 0 Å². The van der Waals surface area contributed by atoms with E-state index in [-0.39, 0.29) is 0 Å². The molecule has 0 amide bonds. The zero-order chi connectivity index (χ0) is 14.0. The zero-order valence-electron chi connectivity index (χ0n) is 9.78. The highest BCUT2D eigenvalue weighted by atomic mass is 19.4. The van der Waals surface area contributed by atoms with Crippen molar-refractivity contribution in [1.82, 2.24) is 4.98 Å². The van der Waals surface area contributed by atoms with E-state index in [4.69, 9.17) is 10.8 Å². The van der Waals surface area contributed by atoms with E-state index in [1.165, 1.54) is 0 Å². The molecule has 0 fully saturated rings. The lowest BCUT2D eigenvalue weighted by Gasteiger charge is -2.17. The molecular formula is C12H12F3N3O. The van der Waals surface area contributed by atoms with Crippen LogP contribution < -0.4 is 11.1 Å². The molecule has 19 heavy (non-hydrogen) atoms. The van der Waals surface area contributed by atoms with E-state index >= 15 is 0 Å². The molecule has 1 aromatic heterocycles. The summed E-state index contributed by atoms with van der Waals surface area (Å²) in [7, 11) is 0. The lowest BCUT2D eigenvalue weighted by atomic mass is 10.1. The maximum absolute atomic E-state index is 12.2. The van der Waals surface area contributed by atoms with Gasteiger partial charge in [0.15, 0.2) is 6.10 Å². The lowest BCUT2D eigenvalue weighted by molar-refractivity contribution is -0.198. The summed E-state index contributed by atoms with van der Waals surface area (Å²) in [5, 5.41) is 12.1. The van der Waals surface area contributed by atoms with Gasteiger partial charge in [0.05, 0.1) is 11.2 Å². The second-order valence-corrected chi connectivity index (χ2v) is 4.04. The van der Waals surface area contributed by atoms with Gasteiger partial charge in [0.1, 0.15) is 0 Å². The molecule has 102 valence electrons. The summed E-state index contributed by atoms with van der Waals surface area (Å²) in [6, 6.07) is 6.47. The Labute approximate surface area is 107 Å². The Balaban J connectivity index is 2.25. The number of hydrogen-bond donors (Lipinski definition) is 3. The second-order valence-electron chi connectivity index (χ2n) is 4.04. The Bertz CT molecular complexity index is 586. The fraction of sp³-hybridized carbons (Fsp3) is 0.250. The first-order valence-electron chi connectivity index (χ1n) is 5.51. The molecule has 0 aliphatic heterocycles. The van der Waals surface area contributed by atoms with Crippen molar-refractivity contribution in [3.8, 4) is 0 Å². The van der Waals surface area contributed by atoms with E-state index in [0.29, 0.717) is 22.3 Å². The van der Waals surface area contributed by atoms with Gasteiger partial charge in [-0.15, -0.1) is 0 Å². The van der Waals surface area contributed by atoms with E-state index in [1.54, 1.807) is 30.5 Å². The Morgan fingerprint density at radius 2 is 2.05 bits per heavy atom. The molecule has 4 nitrogen and oxygen atoms in total. The monoisotopic (exact) mass is 271 g/mol. The molecule has 0 saturated carbocycles. The largest absolute Gasteiger partial charge is 0.416 e. The normalized spacial score (nSPS) is 13.5. The van der Waals surface area contributed by atoms with Gasteiger partial charge in [0.25, 0.3) is 0 Å². The van der Waals surface area contributed by atoms with Crippen molar-refractivity contribution in [2.75, 3.05) is 17.6 Å². The van der Waals surface area contributed by atoms with Gasteiger partial charge in [-0.25, -0.2) is 0 Å². The van der Waals surface area contributed by atoms with E-state index in [2.05, 4.69) is 10.3 Å². The molecule has 1 aromatic carbocycles. The number of anilines is 2. The van der Waals surface area contributed by atoms with Gasteiger partial charge in [-0.2, -0.15) is 13.2 Å². The smallest absolute Gasteiger partial charge is 0.397 e. The van der Waals surface area contributed by atoms with Gasteiger partial charge in [-0.3, -0.25) is 4.98 Å². The summed E-state index contributed by atoms with van der Waals surface area (Å²) >= 11 is 0. The van der Waals surface area contributed by atoms with Crippen molar-refractivity contribution in [2.45, 2.75) is 12.3 Å². The SMILES string of the molecule is Nc1ccc(NCC(O)C(F)(F)F)c2cccnc12.